The van der Waals surface area contributed by atoms with Gasteiger partial charge in [-0.25, -0.2) is 9.67 Å². The van der Waals surface area contributed by atoms with Crippen LogP contribution in [0, 0.1) is 0 Å². The predicted molar refractivity (Wildman–Crippen MR) is 97.3 cm³/mol. The lowest BCUT2D eigenvalue weighted by Gasteiger charge is -2.15. The summed E-state index contributed by atoms with van der Waals surface area (Å²) in [6, 6.07) is 4.23. The number of benzene rings is 1. The Kier molecular flexibility index (Phi) is 4.91. The Hall–Kier alpha value is -2.72. The highest BCUT2D eigenvalue weighted by molar-refractivity contribution is 5.77. The Morgan fingerprint density at radius 3 is 2.66 bits per heavy atom. The van der Waals surface area contributed by atoms with Crippen molar-refractivity contribution in [1.82, 2.24) is 19.7 Å². The first-order valence-corrected chi connectivity index (χ1v) is 9.20. The Morgan fingerprint density at radius 2 is 2.07 bits per heavy atom. The summed E-state index contributed by atoms with van der Waals surface area (Å²) in [5.74, 6) is 0.380. The van der Waals surface area contributed by atoms with Gasteiger partial charge in [-0.15, -0.1) is 0 Å². The molecule has 0 spiro atoms. The molecule has 0 aliphatic carbocycles. The van der Waals surface area contributed by atoms with E-state index in [9.17, 15) is 23.1 Å². The van der Waals surface area contributed by atoms with Crippen molar-refractivity contribution in [3.05, 3.63) is 57.3 Å². The van der Waals surface area contributed by atoms with E-state index in [4.69, 9.17) is 4.74 Å². The van der Waals surface area contributed by atoms with Crippen LogP contribution in [-0.2, 0) is 17.5 Å². The Balaban J connectivity index is 1.80. The van der Waals surface area contributed by atoms with Crippen LogP contribution < -0.4 is 5.56 Å². The summed E-state index contributed by atoms with van der Waals surface area (Å²) >= 11 is 0. The number of nitrogens with zero attached hydrogens (tertiary/aromatic N) is 3. The van der Waals surface area contributed by atoms with Gasteiger partial charge in [0.15, 0.2) is 5.65 Å². The number of aliphatic hydroxyl groups excluding tert-OH is 1. The summed E-state index contributed by atoms with van der Waals surface area (Å²) in [7, 11) is 0. The summed E-state index contributed by atoms with van der Waals surface area (Å²) in [6.45, 7) is 1.85. The van der Waals surface area contributed by atoms with Crippen molar-refractivity contribution < 1.29 is 23.0 Å². The first-order valence-electron chi connectivity index (χ1n) is 9.20. The first kappa shape index (κ1) is 19.6. The van der Waals surface area contributed by atoms with Crippen LogP contribution in [0.2, 0.25) is 0 Å². The highest BCUT2D eigenvalue weighted by atomic mass is 19.4. The maximum atomic E-state index is 12.8. The molecule has 4 rings (SSSR count). The highest BCUT2D eigenvalue weighted by Gasteiger charge is 2.30. The minimum Gasteiger partial charge on any atom is -0.390 e. The van der Waals surface area contributed by atoms with E-state index in [0.717, 1.165) is 25.0 Å². The maximum Gasteiger partial charge on any atom is 0.416 e. The van der Waals surface area contributed by atoms with Crippen molar-refractivity contribution in [2.75, 3.05) is 6.61 Å². The smallest absolute Gasteiger partial charge is 0.390 e. The zero-order valence-electron chi connectivity index (χ0n) is 15.5. The van der Waals surface area contributed by atoms with Crippen LogP contribution in [-0.4, -0.2) is 31.5 Å². The topological polar surface area (TPSA) is 93.0 Å². The number of nitrogens with one attached hydrogen (secondary N) is 1. The number of alkyl halides is 3. The molecule has 7 nitrogen and oxygen atoms in total. The molecule has 2 atom stereocenters. The summed E-state index contributed by atoms with van der Waals surface area (Å²) in [6.07, 6.45) is -3.16. The Morgan fingerprint density at radius 1 is 1.34 bits per heavy atom. The molecule has 1 aliphatic rings. The van der Waals surface area contributed by atoms with E-state index in [1.807, 2.05) is 0 Å². The molecule has 1 unspecified atom stereocenters. The van der Waals surface area contributed by atoms with Gasteiger partial charge in [-0.3, -0.25) is 4.79 Å². The molecule has 10 heteroatoms. The lowest BCUT2D eigenvalue weighted by molar-refractivity contribution is -0.137. The van der Waals surface area contributed by atoms with Crippen LogP contribution in [0.5, 0.6) is 0 Å². The molecule has 0 amide bonds. The van der Waals surface area contributed by atoms with Crippen molar-refractivity contribution in [3.8, 4) is 0 Å². The number of rotatable bonds is 4. The minimum absolute atomic E-state index is 0.159. The van der Waals surface area contributed by atoms with Crippen molar-refractivity contribution in [3.63, 3.8) is 0 Å². The molecule has 3 heterocycles. The lowest BCUT2D eigenvalue weighted by atomic mass is 10.1. The average molecular weight is 408 g/mol. The number of ether oxygens (including phenoxy) is 1. The number of H-pyrrole nitrogens is 1. The van der Waals surface area contributed by atoms with E-state index in [0.29, 0.717) is 18.0 Å². The van der Waals surface area contributed by atoms with Crippen LogP contribution in [0.15, 0.2) is 29.1 Å². The molecule has 1 aliphatic heterocycles. The SMILES string of the molecule is CC(c1ccc(C(F)(F)F)cc1)n1nc(CO)c2c(=O)[nH]c([C@@H]3CCCO3)nc21. The fraction of sp³-hybridized carbons (Fsp3) is 0.421. The van der Waals surface area contributed by atoms with Crippen LogP contribution >= 0.6 is 0 Å². The second-order valence-corrected chi connectivity index (χ2v) is 7.00. The van der Waals surface area contributed by atoms with E-state index in [-0.39, 0.29) is 22.8 Å². The predicted octanol–water partition coefficient (Wildman–Crippen LogP) is 3.09. The van der Waals surface area contributed by atoms with Crippen LogP contribution in [0.1, 0.15) is 54.6 Å². The molecule has 29 heavy (non-hydrogen) atoms. The van der Waals surface area contributed by atoms with Gasteiger partial charge in [-0.05, 0) is 37.5 Å². The molecule has 0 radical (unpaired) electrons. The van der Waals surface area contributed by atoms with E-state index >= 15 is 0 Å². The van der Waals surface area contributed by atoms with Gasteiger partial charge in [0, 0.05) is 6.61 Å². The molecule has 1 aromatic carbocycles. The van der Waals surface area contributed by atoms with Gasteiger partial charge in [0.25, 0.3) is 5.56 Å². The fourth-order valence-corrected chi connectivity index (χ4v) is 3.55. The number of hydrogen-bond donors (Lipinski definition) is 2. The standard InChI is InChI=1S/C19H19F3N4O3/c1-10(11-4-6-12(7-5-11)19(20,21)22)26-17-15(13(9-27)25-26)18(28)24-16(23-17)14-3-2-8-29-14/h4-7,10,14,27H,2-3,8-9H2,1H3,(H,23,24,28)/t10?,14-/m0/s1. The van der Waals surface area contributed by atoms with Crippen molar-refractivity contribution >= 4 is 11.0 Å². The molecule has 3 aromatic rings. The van der Waals surface area contributed by atoms with Crippen molar-refractivity contribution in [1.29, 1.82) is 0 Å². The Bertz CT molecular complexity index is 1080. The number of aromatic amines is 1. The van der Waals surface area contributed by atoms with Crippen LogP contribution in [0.3, 0.4) is 0 Å². The van der Waals surface area contributed by atoms with Crippen molar-refractivity contribution in [2.45, 2.75) is 44.7 Å². The molecule has 2 aromatic heterocycles. The Labute approximate surface area is 163 Å². The molecule has 2 N–H and O–H groups in total. The van der Waals surface area contributed by atoms with Gasteiger partial charge in [0.05, 0.1) is 18.2 Å². The summed E-state index contributed by atoms with van der Waals surface area (Å²) < 4.78 is 45.5. The third kappa shape index (κ3) is 3.53. The lowest BCUT2D eigenvalue weighted by Crippen LogP contribution is -2.17. The third-order valence-electron chi connectivity index (χ3n) is 5.12. The molecule has 0 bridgehead atoms. The van der Waals surface area contributed by atoms with Gasteiger partial charge in [-0.2, -0.15) is 18.3 Å². The summed E-state index contributed by atoms with van der Waals surface area (Å²) in [4.78, 5) is 19.8. The number of aliphatic hydroxyl groups is 1. The second kappa shape index (κ2) is 7.27. The molecule has 1 fully saturated rings. The third-order valence-corrected chi connectivity index (χ3v) is 5.12. The zero-order valence-corrected chi connectivity index (χ0v) is 15.5. The fourth-order valence-electron chi connectivity index (χ4n) is 3.55. The average Bonchev–Trinajstić information content (AvgIpc) is 3.35. The normalized spacial score (nSPS) is 18.4. The quantitative estimate of drug-likeness (QED) is 0.692. The van der Waals surface area contributed by atoms with Gasteiger partial charge >= 0.3 is 6.18 Å². The number of aromatic nitrogens is 4. The van der Waals surface area contributed by atoms with Crippen molar-refractivity contribution in [2.24, 2.45) is 0 Å². The van der Waals surface area contributed by atoms with E-state index in [2.05, 4.69) is 15.1 Å². The molecule has 0 saturated carbocycles. The van der Waals surface area contributed by atoms with E-state index < -0.39 is 29.9 Å². The highest BCUT2D eigenvalue weighted by Crippen LogP contribution is 2.31. The molecule has 1 saturated heterocycles. The summed E-state index contributed by atoms with van der Waals surface area (Å²) in [5, 5.41) is 14.1. The number of halogens is 3. The monoisotopic (exact) mass is 408 g/mol. The zero-order chi connectivity index (χ0) is 20.8. The molecule has 154 valence electrons. The maximum absolute atomic E-state index is 12.8. The summed E-state index contributed by atoms with van der Waals surface area (Å²) in [5.41, 5.74) is -0.199. The van der Waals surface area contributed by atoms with Gasteiger partial charge in [-0.1, -0.05) is 12.1 Å². The van der Waals surface area contributed by atoms with Gasteiger partial charge < -0.3 is 14.8 Å². The number of hydrogen-bond acceptors (Lipinski definition) is 5. The first-order chi connectivity index (χ1) is 13.8. The largest absolute Gasteiger partial charge is 0.416 e. The van der Waals surface area contributed by atoms with Crippen LogP contribution in [0.4, 0.5) is 13.2 Å². The second-order valence-electron chi connectivity index (χ2n) is 7.00. The van der Waals surface area contributed by atoms with Gasteiger partial charge in [0.2, 0.25) is 0 Å². The molecular formula is C19H19F3N4O3. The number of fused-ring (bicyclic) bond motifs is 1. The van der Waals surface area contributed by atoms with Crippen LogP contribution in [0.25, 0.3) is 11.0 Å². The van der Waals surface area contributed by atoms with Gasteiger partial charge in [0.1, 0.15) is 23.0 Å². The van der Waals surface area contributed by atoms with E-state index in [1.165, 1.54) is 16.8 Å². The minimum atomic E-state index is -4.42. The molecular weight excluding hydrogens is 389 g/mol. The van der Waals surface area contributed by atoms with E-state index in [1.54, 1.807) is 6.92 Å².